The summed E-state index contributed by atoms with van der Waals surface area (Å²) < 4.78 is 13.1. The zero-order valence-corrected chi connectivity index (χ0v) is 20.2. The number of ether oxygens (including phenoxy) is 2. The van der Waals surface area contributed by atoms with Gasteiger partial charge in [0.2, 0.25) is 0 Å². The minimum absolute atomic E-state index is 0.145. The normalized spacial score (nSPS) is 11.6. The third kappa shape index (κ3) is 4.87. The number of methoxy groups -OCH3 is 1. The van der Waals surface area contributed by atoms with Gasteiger partial charge < -0.3 is 25.4 Å². The van der Waals surface area contributed by atoms with Gasteiger partial charge in [-0.15, -0.1) is 0 Å². The molecule has 0 aliphatic heterocycles. The molecule has 4 rings (SSSR count). The molecule has 2 aromatic heterocycles. The van der Waals surface area contributed by atoms with Crippen LogP contribution in [0.25, 0.3) is 16.6 Å². The number of aromatic nitrogens is 3. The highest BCUT2D eigenvalue weighted by molar-refractivity contribution is 6.30. The fourth-order valence-corrected chi connectivity index (χ4v) is 4.32. The molecule has 0 spiro atoms. The topological polar surface area (TPSA) is 132 Å². The molecule has 0 unspecified atom stereocenters. The van der Waals surface area contributed by atoms with Gasteiger partial charge in [-0.05, 0) is 61.7 Å². The fraction of sp³-hybridized carbons (Fsp3) is 0.240. The average molecular weight is 497 g/mol. The number of benzene rings is 2. The third-order valence-corrected chi connectivity index (χ3v) is 5.73. The van der Waals surface area contributed by atoms with E-state index in [9.17, 15) is 15.0 Å². The molecule has 0 amide bonds. The van der Waals surface area contributed by atoms with Gasteiger partial charge in [-0.3, -0.25) is 4.79 Å². The van der Waals surface area contributed by atoms with Crippen molar-refractivity contribution in [3.8, 4) is 28.4 Å². The Balaban J connectivity index is 1.93. The van der Waals surface area contributed by atoms with Crippen LogP contribution in [0.1, 0.15) is 31.5 Å². The number of anilines is 1. The van der Waals surface area contributed by atoms with Gasteiger partial charge >= 0.3 is 5.97 Å². The molecular weight excluding hydrogens is 472 g/mol. The Morgan fingerprint density at radius 3 is 2.63 bits per heavy atom. The van der Waals surface area contributed by atoms with Crippen LogP contribution in [0.3, 0.4) is 0 Å². The standard InChI is InChI=1S/C25H25ClN4O5/c1-25(2,33)23-17(8-10-20(31)32)21(22-24(27)28-13-29-30(22)23)14-7-9-18(19(11-14)34-3)35-16-6-4-5-15(26)12-16/h4-7,9,11-13,33H,8,10H2,1-3H3,(H,31,32)(H2,27,28,29). The van der Waals surface area contributed by atoms with Crippen molar-refractivity contribution in [2.24, 2.45) is 0 Å². The summed E-state index contributed by atoms with van der Waals surface area (Å²) in [4.78, 5) is 15.6. The van der Waals surface area contributed by atoms with Gasteiger partial charge in [-0.1, -0.05) is 23.7 Å². The molecule has 2 heterocycles. The van der Waals surface area contributed by atoms with Gasteiger partial charge in [0.15, 0.2) is 17.3 Å². The van der Waals surface area contributed by atoms with E-state index in [1.165, 1.54) is 18.0 Å². The number of nitrogens with two attached hydrogens (primary N) is 1. The van der Waals surface area contributed by atoms with Crippen molar-refractivity contribution >= 4 is 28.9 Å². The van der Waals surface area contributed by atoms with Crippen LogP contribution in [0.5, 0.6) is 17.2 Å². The molecule has 10 heteroatoms. The second kappa shape index (κ2) is 9.44. The first-order chi connectivity index (χ1) is 16.6. The van der Waals surface area contributed by atoms with Gasteiger partial charge in [0.1, 0.15) is 23.2 Å². The lowest BCUT2D eigenvalue weighted by atomic mass is 9.92. The molecule has 0 bridgehead atoms. The van der Waals surface area contributed by atoms with Crippen LogP contribution in [-0.2, 0) is 16.8 Å². The molecule has 2 aromatic carbocycles. The van der Waals surface area contributed by atoms with Crippen LogP contribution in [0.15, 0.2) is 48.8 Å². The van der Waals surface area contributed by atoms with Gasteiger partial charge in [-0.2, -0.15) is 5.10 Å². The zero-order valence-electron chi connectivity index (χ0n) is 19.4. The van der Waals surface area contributed by atoms with Crippen molar-refractivity contribution < 1.29 is 24.5 Å². The number of hydrogen-bond donors (Lipinski definition) is 3. The molecule has 9 nitrogen and oxygen atoms in total. The molecule has 0 saturated heterocycles. The lowest BCUT2D eigenvalue weighted by molar-refractivity contribution is -0.136. The Kier molecular flexibility index (Phi) is 6.56. The van der Waals surface area contributed by atoms with Crippen LogP contribution in [0, 0.1) is 0 Å². The lowest BCUT2D eigenvalue weighted by Gasteiger charge is -2.19. The minimum Gasteiger partial charge on any atom is -0.493 e. The van der Waals surface area contributed by atoms with Crippen molar-refractivity contribution in [3.05, 3.63) is 65.1 Å². The number of aliphatic carboxylic acids is 1. The predicted molar refractivity (Wildman–Crippen MR) is 132 cm³/mol. The molecule has 0 saturated carbocycles. The number of fused-ring (bicyclic) bond motifs is 1. The summed E-state index contributed by atoms with van der Waals surface area (Å²) in [6.07, 6.45) is 1.30. The smallest absolute Gasteiger partial charge is 0.303 e. The van der Waals surface area contributed by atoms with Gasteiger partial charge in [0.05, 0.1) is 12.8 Å². The number of rotatable bonds is 8. The maximum Gasteiger partial charge on any atom is 0.303 e. The second-order valence-corrected chi connectivity index (χ2v) is 8.92. The van der Waals surface area contributed by atoms with Crippen LogP contribution < -0.4 is 15.2 Å². The van der Waals surface area contributed by atoms with Crippen LogP contribution in [0.4, 0.5) is 5.82 Å². The first-order valence-corrected chi connectivity index (χ1v) is 11.2. The summed E-state index contributed by atoms with van der Waals surface area (Å²) in [7, 11) is 1.52. The Labute approximate surface area is 206 Å². The first-order valence-electron chi connectivity index (χ1n) is 10.8. The van der Waals surface area contributed by atoms with Gasteiger partial charge in [-0.25, -0.2) is 9.50 Å². The van der Waals surface area contributed by atoms with Crippen LogP contribution in [-0.4, -0.2) is 37.9 Å². The van der Waals surface area contributed by atoms with E-state index in [0.29, 0.717) is 50.2 Å². The van der Waals surface area contributed by atoms with Crippen LogP contribution in [0.2, 0.25) is 5.02 Å². The van der Waals surface area contributed by atoms with E-state index in [1.807, 2.05) is 6.07 Å². The molecular formula is C25H25ClN4O5. The molecule has 0 aliphatic rings. The number of hydrogen-bond acceptors (Lipinski definition) is 7. The molecule has 35 heavy (non-hydrogen) atoms. The van der Waals surface area contributed by atoms with E-state index in [4.69, 9.17) is 26.8 Å². The summed E-state index contributed by atoms with van der Waals surface area (Å²) in [6, 6.07) is 12.3. The molecule has 182 valence electrons. The Bertz CT molecular complexity index is 1410. The van der Waals surface area contributed by atoms with Crippen molar-refractivity contribution in [2.45, 2.75) is 32.3 Å². The highest BCUT2D eigenvalue weighted by Gasteiger charge is 2.31. The summed E-state index contributed by atoms with van der Waals surface area (Å²) >= 11 is 6.07. The Morgan fingerprint density at radius 1 is 1.20 bits per heavy atom. The van der Waals surface area contributed by atoms with E-state index in [0.717, 1.165) is 0 Å². The number of nitrogens with zero attached hydrogens (tertiary/aromatic N) is 3. The number of carboxylic acid groups (broad SMARTS) is 1. The molecule has 0 aliphatic carbocycles. The summed E-state index contributed by atoms with van der Waals surface area (Å²) in [5.74, 6) is 0.671. The second-order valence-electron chi connectivity index (χ2n) is 8.49. The van der Waals surface area contributed by atoms with E-state index in [-0.39, 0.29) is 18.7 Å². The van der Waals surface area contributed by atoms with Crippen LogP contribution >= 0.6 is 11.6 Å². The Hall–Kier alpha value is -3.82. The van der Waals surface area contributed by atoms with Crippen molar-refractivity contribution in [1.29, 1.82) is 0 Å². The highest BCUT2D eigenvalue weighted by Crippen LogP contribution is 2.43. The average Bonchev–Trinajstić information content (AvgIpc) is 3.14. The number of carbonyl (C=O) groups is 1. The quantitative estimate of drug-likeness (QED) is 0.320. The molecule has 0 fully saturated rings. The summed E-state index contributed by atoms with van der Waals surface area (Å²) in [5, 5.41) is 25.2. The predicted octanol–water partition coefficient (Wildman–Crippen LogP) is 4.68. The van der Waals surface area contributed by atoms with Crippen molar-refractivity contribution in [3.63, 3.8) is 0 Å². The van der Waals surface area contributed by atoms with E-state index >= 15 is 0 Å². The monoisotopic (exact) mass is 496 g/mol. The van der Waals surface area contributed by atoms with Crippen molar-refractivity contribution in [1.82, 2.24) is 14.6 Å². The molecule has 0 atom stereocenters. The zero-order chi connectivity index (χ0) is 25.3. The number of halogens is 1. The van der Waals surface area contributed by atoms with E-state index in [2.05, 4.69) is 10.1 Å². The van der Waals surface area contributed by atoms with Gasteiger partial charge in [0.25, 0.3) is 0 Å². The number of nitrogen functional groups attached to an aromatic ring is 1. The maximum atomic E-state index is 11.4. The largest absolute Gasteiger partial charge is 0.493 e. The minimum atomic E-state index is -1.34. The van der Waals surface area contributed by atoms with Gasteiger partial charge in [0, 0.05) is 17.0 Å². The SMILES string of the molecule is COc1cc(-c2c(CCC(=O)O)c(C(C)(C)O)n3ncnc(N)c23)ccc1Oc1cccc(Cl)c1. The first kappa shape index (κ1) is 24.3. The molecule has 4 aromatic rings. The lowest BCUT2D eigenvalue weighted by Crippen LogP contribution is -2.21. The maximum absolute atomic E-state index is 11.4. The highest BCUT2D eigenvalue weighted by atomic mass is 35.5. The summed E-state index contributed by atoms with van der Waals surface area (Å²) in [5.41, 5.74) is 7.73. The number of aliphatic hydroxyl groups is 1. The van der Waals surface area contributed by atoms with Crippen molar-refractivity contribution in [2.75, 3.05) is 12.8 Å². The fourth-order valence-electron chi connectivity index (χ4n) is 4.14. The molecule has 4 N–H and O–H groups in total. The van der Waals surface area contributed by atoms with E-state index < -0.39 is 11.6 Å². The van der Waals surface area contributed by atoms with E-state index in [1.54, 1.807) is 50.2 Å². The Morgan fingerprint density at radius 2 is 1.97 bits per heavy atom. The number of carboxylic acids is 1. The summed E-state index contributed by atoms with van der Waals surface area (Å²) in [6.45, 7) is 3.23. The molecule has 0 radical (unpaired) electrons. The third-order valence-electron chi connectivity index (χ3n) is 5.50.